The number of aromatic nitrogens is 2. The third kappa shape index (κ3) is 2.89. The molecule has 96 valence electrons. The van der Waals surface area contributed by atoms with Crippen molar-refractivity contribution in [2.45, 2.75) is 18.7 Å². The van der Waals surface area contributed by atoms with Crippen molar-refractivity contribution in [1.29, 1.82) is 0 Å². The van der Waals surface area contributed by atoms with Crippen molar-refractivity contribution >= 4 is 0 Å². The third-order valence-corrected chi connectivity index (χ3v) is 2.52. The molecule has 0 amide bonds. The first kappa shape index (κ1) is 12.6. The molecule has 0 radical (unpaired) electrons. The molecule has 1 atom stereocenters. The van der Waals surface area contributed by atoms with Gasteiger partial charge in [-0.25, -0.2) is 4.98 Å². The molecule has 1 aromatic carbocycles. The van der Waals surface area contributed by atoms with Crippen molar-refractivity contribution in [3.05, 3.63) is 53.6 Å². The second-order valence-electron chi connectivity index (χ2n) is 3.89. The van der Waals surface area contributed by atoms with E-state index in [4.69, 9.17) is 0 Å². The number of benzene rings is 1. The third-order valence-electron chi connectivity index (χ3n) is 2.52. The molecule has 0 aliphatic rings. The summed E-state index contributed by atoms with van der Waals surface area (Å²) >= 11 is 0. The van der Waals surface area contributed by atoms with Crippen LogP contribution in [0, 0.1) is 0 Å². The summed E-state index contributed by atoms with van der Waals surface area (Å²) in [6.45, 7) is 0. The normalized spacial score (nSPS) is 13.6. The average Bonchev–Trinajstić information content (AvgIpc) is 2.81. The summed E-state index contributed by atoms with van der Waals surface area (Å²) in [5, 5.41) is 9.78. The van der Waals surface area contributed by atoms with Crippen LogP contribution in [0.25, 0.3) is 0 Å². The van der Waals surface area contributed by atoms with E-state index >= 15 is 0 Å². The molecule has 0 saturated heterocycles. The minimum Gasteiger partial charge on any atom is -0.385 e. The molecule has 3 nitrogen and oxygen atoms in total. The maximum absolute atomic E-state index is 12.5. The smallest absolute Gasteiger partial charge is 0.385 e. The zero-order chi connectivity index (χ0) is 13.2. The molecular weight excluding hydrogens is 245 g/mol. The van der Waals surface area contributed by atoms with Gasteiger partial charge in [0.15, 0.2) is 0 Å². The van der Waals surface area contributed by atoms with E-state index in [1.807, 2.05) is 0 Å². The van der Waals surface area contributed by atoms with Crippen LogP contribution in [0.15, 0.2) is 36.7 Å². The summed E-state index contributed by atoms with van der Waals surface area (Å²) < 4.78 is 37.5. The highest BCUT2D eigenvalue weighted by atomic mass is 19.4. The Labute approximate surface area is 101 Å². The molecule has 0 aliphatic heterocycles. The number of hydrogen-bond donors (Lipinski definition) is 2. The summed E-state index contributed by atoms with van der Waals surface area (Å²) in [5.74, 6) is 0.340. The van der Waals surface area contributed by atoms with Gasteiger partial charge in [-0.15, -0.1) is 0 Å². The lowest BCUT2D eigenvalue weighted by Crippen LogP contribution is -2.07. The number of nitrogens with zero attached hydrogens (tertiary/aromatic N) is 1. The van der Waals surface area contributed by atoms with E-state index in [0.29, 0.717) is 11.4 Å². The summed E-state index contributed by atoms with van der Waals surface area (Å²) in [6, 6.07) is 4.91. The number of aliphatic hydroxyl groups is 1. The molecule has 18 heavy (non-hydrogen) atoms. The van der Waals surface area contributed by atoms with Gasteiger partial charge in [0.05, 0.1) is 5.56 Å². The molecule has 0 saturated carbocycles. The molecule has 6 heteroatoms. The minimum absolute atomic E-state index is 0.0808. The van der Waals surface area contributed by atoms with E-state index in [0.717, 1.165) is 12.1 Å². The Morgan fingerprint density at radius 2 is 2.11 bits per heavy atom. The highest BCUT2D eigenvalue weighted by molar-refractivity contribution is 5.26. The summed E-state index contributed by atoms with van der Waals surface area (Å²) in [5.41, 5.74) is -0.305. The number of H-pyrrole nitrogens is 1. The van der Waals surface area contributed by atoms with Gasteiger partial charge in [-0.2, -0.15) is 13.2 Å². The van der Waals surface area contributed by atoms with Crippen LogP contribution in [0.4, 0.5) is 13.2 Å². The van der Waals surface area contributed by atoms with Crippen molar-refractivity contribution in [2.75, 3.05) is 0 Å². The van der Waals surface area contributed by atoms with Crippen LogP contribution in [0.2, 0.25) is 0 Å². The minimum atomic E-state index is -4.37. The summed E-state index contributed by atoms with van der Waals surface area (Å²) in [4.78, 5) is 6.57. The zero-order valence-electron chi connectivity index (χ0n) is 9.28. The average molecular weight is 256 g/mol. The van der Waals surface area contributed by atoms with Crippen molar-refractivity contribution in [3.8, 4) is 0 Å². The molecule has 0 bridgehead atoms. The molecular formula is C12H11F3N2O. The second-order valence-corrected chi connectivity index (χ2v) is 3.89. The fourth-order valence-electron chi connectivity index (χ4n) is 1.65. The summed E-state index contributed by atoms with van der Waals surface area (Å²) in [6.07, 6.45) is -2.21. The lowest BCUT2D eigenvalue weighted by Gasteiger charge is -2.11. The predicted molar refractivity (Wildman–Crippen MR) is 58.7 cm³/mol. The van der Waals surface area contributed by atoms with Gasteiger partial charge >= 0.3 is 6.18 Å². The van der Waals surface area contributed by atoms with Crippen molar-refractivity contribution in [1.82, 2.24) is 9.97 Å². The van der Waals surface area contributed by atoms with E-state index in [1.54, 1.807) is 12.3 Å². The molecule has 0 spiro atoms. The molecule has 1 aromatic heterocycles. The first-order chi connectivity index (χ1) is 8.47. The van der Waals surface area contributed by atoms with E-state index in [1.165, 1.54) is 12.3 Å². The Bertz CT molecular complexity index is 508. The van der Waals surface area contributed by atoms with Crippen molar-refractivity contribution < 1.29 is 18.3 Å². The van der Waals surface area contributed by atoms with Crippen molar-refractivity contribution in [2.24, 2.45) is 0 Å². The topological polar surface area (TPSA) is 48.9 Å². The monoisotopic (exact) mass is 256 g/mol. The van der Waals surface area contributed by atoms with Gasteiger partial charge in [0, 0.05) is 18.8 Å². The zero-order valence-corrected chi connectivity index (χ0v) is 9.28. The van der Waals surface area contributed by atoms with E-state index in [-0.39, 0.29) is 6.42 Å². The van der Waals surface area contributed by atoms with E-state index in [2.05, 4.69) is 9.97 Å². The first-order valence-corrected chi connectivity index (χ1v) is 5.30. The molecule has 0 fully saturated rings. The van der Waals surface area contributed by atoms with Gasteiger partial charge in [0.2, 0.25) is 0 Å². The van der Waals surface area contributed by atoms with Crippen LogP contribution in [-0.2, 0) is 12.6 Å². The van der Waals surface area contributed by atoms with E-state index in [9.17, 15) is 18.3 Å². The first-order valence-electron chi connectivity index (χ1n) is 5.30. The van der Waals surface area contributed by atoms with Gasteiger partial charge in [-0.1, -0.05) is 18.2 Å². The Kier molecular flexibility index (Phi) is 3.38. The number of halogens is 3. The van der Waals surface area contributed by atoms with Crippen molar-refractivity contribution in [3.63, 3.8) is 0 Å². The van der Waals surface area contributed by atoms with Gasteiger partial charge in [-0.05, 0) is 11.6 Å². The van der Waals surface area contributed by atoms with Crippen LogP contribution in [0.1, 0.15) is 23.1 Å². The molecule has 2 aromatic rings. The van der Waals surface area contributed by atoms with Gasteiger partial charge < -0.3 is 10.1 Å². The molecule has 1 heterocycles. The summed E-state index contributed by atoms with van der Waals surface area (Å²) in [7, 11) is 0. The predicted octanol–water partition coefficient (Wildman–Crippen LogP) is 2.70. The van der Waals surface area contributed by atoms with Gasteiger partial charge in [0.1, 0.15) is 11.9 Å². The standard InChI is InChI=1S/C12H11F3N2O/c13-12(14,15)9-3-1-2-8(6-9)7-10(18)11-16-4-5-17-11/h1-6,10,18H,7H2,(H,16,17). The quantitative estimate of drug-likeness (QED) is 0.887. The largest absolute Gasteiger partial charge is 0.416 e. The van der Waals surface area contributed by atoms with E-state index < -0.39 is 17.8 Å². The fourth-order valence-corrected chi connectivity index (χ4v) is 1.65. The van der Waals surface area contributed by atoms with Gasteiger partial charge in [-0.3, -0.25) is 0 Å². The maximum atomic E-state index is 12.5. The number of hydrogen-bond acceptors (Lipinski definition) is 2. The number of imidazole rings is 1. The molecule has 0 aliphatic carbocycles. The number of aliphatic hydroxyl groups excluding tert-OH is 1. The number of nitrogens with one attached hydrogen (secondary N) is 1. The number of rotatable bonds is 3. The van der Waals surface area contributed by atoms with Crippen LogP contribution in [0.3, 0.4) is 0 Å². The number of aromatic amines is 1. The van der Waals surface area contributed by atoms with Crippen LogP contribution < -0.4 is 0 Å². The highest BCUT2D eigenvalue weighted by Gasteiger charge is 2.30. The molecule has 2 rings (SSSR count). The maximum Gasteiger partial charge on any atom is 0.416 e. The van der Waals surface area contributed by atoms with Gasteiger partial charge in [0.25, 0.3) is 0 Å². The Morgan fingerprint density at radius 3 is 2.72 bits per heavy atom. The SMILES string of the molecule is OC(Cc1cccc(C(F)(F)F)c1)c1ncc[nH]1. The second kappa shape index (κ2) is 4.81. The Morgan fingerprint density at radius 1 is 1.33 bits per heavy atom. The lowest BCUT2D eigenvalue weighted by molar-refractivity contribution is -0.137. The molecule has 2 N–H and O–H groups in total. The number of alkyl halides is 3. The Hall–Kier alpha value is -1.82. The van der Waals surface area contributed by atoms with Crippen LogP contribution >= 0.6 is 0 Å². The fraction of sp³-hybridized carbons (Fsp3) is 0.250. The highest BCUT2D eigenvalue weighted by Crippen LogP contribution is 2.30. The van der Waals surface area contributed by atoms with Crippen LogP contribution in [-0.4, -0.2) is 15.1 Å². The Balaban J connectivity index is 2.15. The lowest BCUT2D eigenvalue weighted by atomic mass is 10.0. The molecule has 1 unspecified atom stereocenters. The van der Waals surface area contributed by atoms with Crippen LogP contribution in [0.5, 0.6) is 0 Å².